The second-order valence-electron chi connectivity index (χ2n) is 4.36. The van der Waals surface area contributed by atoms with Gasteiger partial charge < -0.3 is 4.98 Å². The van der Waals surface area contributed by atoms with E-state index in [4.69, 9.17) is 0 Å². The number of nitrogens with zero attached hydrogens (tertiary/aromatic N) is 2. The molecule has 2 aromatic heterocycles. The van der Waals surface area contributed by atoms with Crippen molar-refractivity contribution in [2.24, 2.45) is 0 Å². The topological polar surface area (TPSA) is 83.1 Å². The molecule has 6 nitrogen and oxygen atoms in total. The van der Waals surface area contributed by atoms with Gasteiger partial charge in [-0.05, 0) is 31.0 Å². The smallest absolute Gasteiger partial charge is 0.305 e. The molecule has 0 aromatic carbocycles. The van der Waals surface area contributed by atoms with Crippen LogP contribution >= 0.6 is 11.3 Å². The molecule has 0 fully saturated rings. The number of thiazole rings is 1. The number of hydrogen-bond acceptors (Lipinski definition) is 5. The number of aromatic amines is 1. The van der Waals surface area contributed by atoms with Gasteiger partial charge in [-0.25, -0.2) is 8.42 Å². The fraction of sp³-hybridized carbons (Fsp3) is 0.333. The van der Waals surface area contributed by atoms with E-state index < -0.39 is 10.0 Å². The number of sulfonamides is 1. The van der Waals surface area contributed by atoms with Crippen LogP contribution in [0.15, 0.2) is 33.5 Å². The van der Waals surface area contributed by atoms with Crippen LogP contribution < -0.4 is 4.87 Å². The summed E-state index contributed by atoms with van der Waals surface area (Å²) in [5, 5.41) is 0. The maximum absolute atomic E-state index is 12.4. The second kappa shape index (κ2) is 5.86. The lowest BCUT2D eigenvalue weighted by Gasteiger charge is -2.16. The van der Waals surface area contributed by atoms with Crippen molar-refractivity contribution in [3.05, 3.63) is 45.5 Å². The molecule has 8 heteroatoms. The zero-order valence-electron chi connectivity index (χ0n) is 11.2. The number of hydrogen-bond donors (Lipinski definition) is 1. The lowest BCUT2D eigenvalue weighted by atomic mass is 10.2. The fourth-order valence-electron chi connectivity index (χ4n) is 1.73. The zero-order chi connectivity index (χ0) is 14.8. The SMILES string of the molecule is Cc1[nH]c(=O)sc1S(=O)(=O)N(C)CCc1ccncc1. The number of H-pyrrole nitrogens is 1. The van der Waals surface area contributed by atoms with Crippen LogP contribution in [0.25, 0.3) is 0 Å². The number of nitrogens with one attached hydrogen (secondary N) is 1. The van der Waals surface area contributed by atoms with E-state index in [2.05, 4.69) is 9.97 Å². The van der Waals surface area contributed by atoms with Gasteiger partial charge in [-0.1, -0.05) is 11.3 Å². The van der Waals surface area contributed by atoms with Gasteiger partial charge in [0.25, 0.3) is 10.0 Å². The van der Waals surface area contributed by atoms with Crippen molar-refractivity contribution in [1.82, 2.24) is 14.3 Å². The first kappa shape index (κ1) is 14.9. The molecule has 0 aliphatic carbocycles. The number of pyridine rings is 1. The van der Waals surface area contributed by atoms with E-state index in [-0.39, 0.29) is 9.08 Å². The standard InChI is InChI=1S/C12H15N3O3S2/c1-9-11(19-12(16)14-9)20(17,18)15(2)8-5-10-3-6-13-7-4-10/h3-4,6-7H,5,8H2,1-2H3,(H,14,16). The van der Waals surface area contributed by atoms with E-state index in [1.165, 1.54) is 11.4 Å². The largest absolute Gasteiger partial charge is 0.315 e. The molecule has 0 atom stereocenters. The van der Waals surface area contributed by atoms with Crippen LogP contribution in [-0.2, 0) is 16.4 Å². The van der Waals surface area contributed by atoms with E-state index >= 15 is 0 Å². The molecular weight excluding hydrogens is 298 g/mol. The Hall–Kier alpha value is -1.51. The van der Waals surface area contributed by atoms with Crippen molar-refractivity contribution in [3.8, 4) is 0 Å². The van der Waals surface area contributed by atoms with Gasteiger partial charge in [-0.3, -0.25) is 9.78 Å². The van der Waals surface area contributed by atoms with E-state index in [0.29, 0.717) is 18.7 Å². The summed E-state index contributed by atoms with van der Waals surface area (Å²) in [5.74, 6) is 0. The average Bonchev–Trinajstić information content (AvgIpc) is 2.77. The van der Waals surface area contributed by atoms with Crippen LogP contribution in [0, 0.1) is 6.92 Å². The Balaban J connectivity index is 2.14. The van der Waals surface area contributed by atoms with Gasteiger partial charge in [0, 0.05) is 31.7 Å². The molecule has 0 aliphatic rings. The van der Waals surface area contributed by atoms with Crippen molar-refractivity contribution >= 4 is 21.4 Å². The number of likely N-dealkylation sites (N-methyl/N-ethyl adjacent to an activating group) is 1. The van der Waals surface area contributed by atoms with Crippen molar-refractivity contribution in [1.29, 1.82) is 0 Å². The quantitative estimate of drug-likeness (QED) is 0.893. The van der Waals surface area contributed by atoms with Gasteiger partial charge >= 0.3 is 4.87 Å². The number of aryl methyl sites for hydroxylation is 1. The Bertz CT molecular complexity index is 735. The third-order valence-electron chi connectivity index (χ3n) is 2.89. The maximum atomic E-state index is 12.4. The average molecular weight is 313 g/mol. The van der Waals surface area contributed by atoms with Gasteiger partial charge in [0.15, 0.2) is 4.21 Å². The van der Waals surface area contributed by atoms with Crippen LogP contribution in [0.5, 0.6) is 0 Å². The van der Waals surface area contributed by atoms with Crippen molar-refractivity contribution in [3.63, 3.8) is 0 Å². The Kier molecular flexibility index (Phi) is 4.36. The lowest BCUT2D eigenvalue weighted by molar-refractivity contribution is 0.473. The molecule has 1 N–H and O–H groups in total. The molecule has 0 saturated carbocycles. The van der Waals surface area contributed by atoms with Crippen molar-refractivity contribution in [2.45, 2.75) is 17.6 Å². The molecule has 0 bridgehead atoms. The third kappa shape index (κ3) is 3.14. The molecule has 0 spiro atoms. The number of aromatic nitrogens is 2. The van der Waals surface area contributed by atoms with E-state index in [1.54, 1.807) is 19.3 Å². The predicted octanol–water partition coefficient (Wildman–Crippen LogP) is 1.00. The highest BCUT2D eigenvalue weighted by molar-refractivity contribution is 7.91. The molecule has 20 heavy (non-hydrogen) atoms. The minimum Gasteiger partial charge on any atom is -0.315 e. The summed E-state index contributed by atoms with van der Waals surface area (Å²) in [7, 11) is -2.10. The molecule has 0 saturated heterocycles. The van der Waals surface area contributed by atoms with E-state index in [0.717, 1.165) is 16.9 Å². The van der Waals surface area contributed by atoms with Crippen molar-refractivity contribution < 1.29 is 8.42 Å². The Morgan fingerprint density at radius 1 is 1.35 bits per heavy atom. The van der Waals surface area contributed by atoms with E-state index in [1.807, 2.05) is 12.1 Å². The summed E-state index contributed by atoms with van der Waals surface area (Å²) in [5.41, 5.74) is 1.40. The first-order chi connectivity index (χ1) is 9.41. The predicted molar refractivity (Wildman–Crippen MR) is 77.4 cm³/mol. The summed E-state index contributed by atoms with van der Waals surface area (Å²) < 4.78 is 26.1. The van der Waals surface area contributed by atoms with Gasteiger partial charge in [-0.2, -0.15) is 4.31 Å². The van der Waals surface area contributed by atoms with E-state index in [9.17, 15) is 13.2 Å². The molecule has 2 aromatic rings. The highest BCUT2D eigenvalue weighted by atomic mass is 32.2. The van der Waals surface area contributed by atoms with Crippen LogP contribution in [0.1, 0.15) is 11.3 Å². The first-order valence-electron chi connectivity index (χ1n) is 5.96. The normalized spacial score (nSPS) is 11.9. The van der Waals surface area contributed by atoms with Crippen LogP contribution in [0.3, 0.4) is 0 Å². The van der Waals surface area contributed by atoms with Gasteiger partial charge in [0.05, 0.1) is 0 Å². The van der Waals surface area contributed by atoms with Gasteiger partial charge in [0.2, 0.25) is 0 Å². The van der Waals surface area contributed by atoms with Crippen LogP contribution in [0.2, 0.25) is 0 Å². The molecule has 0 radical (unpaired) electrons. The maximum Gasteiger partial charge on any atom is 0.305 e. The third-order valence-corrected chi connectivity index (χ3v) is 6.33. The highest BCUT2D eigenvalue weighted by Crippen LogP contribution is 2.20. The van der Waals surface area contributed by atoms with Gasteiger partial charge in [0.1, 0.15) is 0 Å². The second-order valence-corrected chi connectivity index (χ2v) is 7.58. The molecule has 108 valence electrons. The molecule has 2 heterocycles. The molecule has 0 aliphatic heterocycles. The minimum absolute atomic E-state index is 0.0831. The Labute approximate surface area is 121 Å². The first-order valence-corrected chi connectivity index (χ1v) is 8.22. The van der Waals surface area contributed by atoms with Crippen molar-refractivity contribution in [2.75, 3.05) is 13.6 Å². The molecule has 0 amide bonds. The molecule has 2 rings (SSSR count). The van der Waals surface area contributed by atoms with Gasteiger partial charge in [-0.15, -0.1) is 0 Å². The van der Waals surface area contributed by atoms with Crippen LogP contribution in [0.4, 0.5) is 0 Å². The fourth-order valence-corrected chi connectivity index (χ4v) is 4.39. The Morgan fingerprint density at radius 3 is 2.55 bits per heavy atom. The summed E-state index contributed by atoms with van der Waals surface area (Å²) >= 11 is 0.721. The summed E-state index contributed by atoms with van der Waals surface area (Å²) in [6.07, 6.45) is 3.94. The Morgan fingerprint density at radius 2 is 2.00 bits per heavy atom. The minimum atomic E-state index is -3.61. The highest BCUT2D eigenvalue weighted by Gasteiger charge is 2.25. The summed E-state index contributed by atoms with van der Waals surface area (Å²) in [6.45, 7) is 1.93. The zero-order valence-corrected chi connectivity index (χ0v) is 12.8. The van der Waals surface area contributed by atoms with Crippen LogP contribution in [-0.4, -0.2) is 36.3 Å². The number of rotatable bonds is 5. The summed E-state index contributed by atoms with van der Waals surface area (Å²) in [6, 6.07) is 3.70. The molecular formula is C12H15N3O3S2. The summed E-state index contributed by atoms with van der Waals surface area (Å²) in [4.78, 5) is 17.3. The molecule has 0 unspecified atom stereocenters. The lowest BCUT2D eigenvalue weighted by Crippen LogP contribution is -2.29. The monoisotopic (exact) mass is 313 g/mol.